The van der Waals surface area contributed by atoms with Crippen LogP contribution in [-0.4, -0.2) is 32.8 Å². The van der Waals surface area contributed by atoms with Gasteiger partial charge in [0, 0.05) is 18.2 Å². The van der Waals surface area contributed by atoms with Gasteiger partial charge >= 0.3 is 6.61 Å². The number of carbonyl (C=O) groups excluding carboxylic acids is 1. The number of nitrogens with one attached hydrogen (secondary N) is 1. The molecule has 1 N–H and O–H groups in total. The lowest BCUT2D eigenvalue weighted by atomic mass is 10.1. The zero-order chi connectivity index (χ0) is 20.4. The van der Waals surface area contributed by atoms with Crippen LogP contribution in [0.5, 0.6) is 17.2 Å². The maximum Gasteiger partial charge on any atom is 0.387 e. The number of para-hydroxylation sites is 1. The molecule has 0 fully saturated rings. The first kappa shape index (κ1) is 21.2. The average Bonchev–Trinajstić information content (AvgIpc) is 2.66. The predicted octanol–water partition coefficient (Wildman–Crippen LogP) is 4.20. The molecule has 0 aliphatic rings. The van der Waals surface area contributed by atoms with Gasteiger partial charge in [0.25, 0.3) is 0 Å². The Hall–Kier alpha value is -3.09. The standard InChI is InChI=1S/C21H23F2NO4/c1-15-6-3-8-17(14-15)27-13-5-12-24-19(25)11-10-16-7-4-9-18(26-2)20(16)28-21(22)23/h3-4,6-11,14,21H,5,12-13H2,1-2H3,(H,24,25). The van der Waals surface area contributed by atoms with Gasteiger partial charge in [0.05, 0.1) is 13.7 Å². The number of rotatable bonds is 10. The van der Waals surface area contributed by atoms with Gasteiger partial charge in [-0.3, -0.25) is 4.79 Å². The lowest BCUT2D eigenvalue weighted by Gasteiger charge is -2.12. The summed E-state index contributed by atoms with van der Waals surface area (Å²) >= 11 is 0. The molecule has 0 spiro atoms. The molecule has 0 saturated carbocycles. The van der Waals surface area contributed by atoms with Crippen molar-refractivity contribution in [1.82, 2.24) is 5.32 Å². The van der Waals surface area contributed by atoms with Gasteiger partial charge in [-0.15, -0.1) is 0 Å². The van der Waals surface area contributed by atoms with E-state index in [1.165, 1.54) is 25.3 Å². The summed E-state index contributed by atoms with van der Waals surface area (Å²) in [6.45, 7) is -0.117. The molecule has 2 aromatic carbocycles. The van der Waals surface area contributed by atoms with Gasteiger partial charge in [0.1, 0.15) is 5.75 Å². The molecule has 0 unspecified atom stereocenters. The summed E-state index contributed by atoms with van der Waals surface area (Å²) in [5.41, 5.74) is 1.43. The van der Waals surface area contributed by atoms with Crippen LogP contribution < -0.4 is 19.5 Å². The Morgan fingerprint density at radius 1 is 1.21 bits per heavy atom. The van der Waals surface area contributed by atoms with Crippen molar-refractivity contribution in [2.24, 2.45) is 0 Å². The molecular weight excluding hydrogens is 368 g/mol. The molecule has 0 saturated heterocycles. The molecule has 0 aromatic heterocycles. The molecule has 7 heteroatoms. The number of aryl methyl sites for hydroxylation is 1. The number of hydrogen-bond donors (Lipinski definition) is 1. The Morgan fingerprint density at radius 2 is 2.00 bits per heavy atom. The van der Waals surface area contributed by atoms with Crippen LogP contribution in [0, 0.1) is 6.92 Å². The quantitative estimate of drug-likeness (QED) is 0.487. The monoisotopic (exact) mass is 391 g/mol. The zero-order valence-electron chi connectivity index (χ0n) is 15.8. The van der Waals surface area contributed by atoms with E-state index >= 15 is 0 Å². The van der Waals surface area contributed by atoms with Gasteiger partial charge in [-0.1, -0.05) is 24.3 Å². The minimum atomic E-state index is -2.99. The van der Waals surface area contributed by atoms with E-state index in [4.69, 9.17) is 9.47 Å². The minimum absolute atomic E-state index is 0.115. The fraction of sp³-hybridized carbons (Fsp3) is 0.286. The fourth-order valence-corrected chi connectivity index (χ4v) is 2.44. The van der Waals surface area contributed by atoms with Crippen molar-refractivity contribution in [3.05, 3.63) is 59.7 Å². The topological polar surface area (TPSA) is 56.8 Å². The Kier molecular flexibility index (Phi) is 8.27. The molecule has 0 aliphatic carbocycles. The zero-order valence-corrected chi connectivity index (χ0v) is 15.8. The van der Waals surface area contributed by atoms with E-state index in [9.17, 15) is 13.6 Å². The van der Waals surface area contributed by atoms with Crippen LogP contribution in [0.3, 0.4) is 0 Å². The Bertz CT molecular complexity index is 809. The van der Waals surface area contributed by atoms with E-state index in [-0.39, 0.29) is 17.4 Å². The first-order valence-electron chi connectivity index (χ1n) is 8.77. The highest BCUT2D eigenvalue weighted by Crippen LogP contribution is 2.33. The number of methoxy groups -OCH3 is 1. The van der Waals surface area contributed by atoms with Crippen molar-refractivity contribution in [3.8, 4) is 17.2 Å². The van der Waals surface area contributed by atoms with E-state index in [1.807, 2.05) is 31.2 Å². The molecule has 1 amide bonds. The highest BCUT2D eigenvalue weighted by atomic mass is 19.3. The van der Waals surface area contributed by atoms with Crippen molar-refractivity contribution < 1.29 is 27.8 Å². The highest BCUT2D eigenvalue weighted by Gasteiger charge is 2.13. The highest BCUT2D eigenvalue weighted by molar-refractivity contribution is 5.92. The summed E-state index contributed by atoms with van der Waals surface area (Å²) in [7, 11) is 1.35. The summed E-state index contributed by atoms with van der Waals surface area (Å²) in [5.74, 6) is 0.490. The summed E-state index contributed by atoms with van der Waals surface area (Å²) in [6.07, 6.45) is 3.29. The third kappa shape index (κ3) is 6.90. The molecule has 150 valence electrons. The smallest absolute Gasteiger partial charge is 0.387 e. The van der Waals surface area contributed by atoms with Crippen molar-refractivity contribution >= 4 is 12.0 Å². The molecule has 2 rings (SSSR count). The van der Waals surface area contributed by atoms with Crippen molar-refractivity contribution in [3.63, 3.8) is 0 Å². The van der Waals surface area contributed by atoms with E-state index in [2.05, 4.69) is 10.1 Å². The van der Waals surface area contributed by atoms with Crippen LogP contribution in [0.1, 0.15) is 17.5 Å². The van der Waals surface area contributed by atoms with Crippen LogP contribution in [0.4, 0.5) is 8.78 Å². The van der Waals surface area contributed by atoms with E-state index in [0.29, 0.717) is 25.1 Å². The normalized spacial score (nSPS) is 10.9. The van der Waals surface area contributed by atoms with Gasteiger partial charge in [0.15, 0.2) is 11.5 Å². The van der Waals surface area contributed by atoms with E-state index in [1.54, 1.807) is 12.1 Å². The van der Waals surface area contributed by atoms with Crippen LogP contribution in [0.25, 0.3) is 6.08 Å². The van der Waals surface area contributed by atoms with Gasteiger partial charge in [-0.2, -0.15) is 8.78 Å². The largest absolute Gasteiger partial charge is 0.494 e. The molecule has 0 atom stereocenters. The number of carbonyl (C=O) groups is 1. The first-order valence-corrected chi connectivity index (χ1v) is 8.77. The Labute approximate surface area is 162 Å². The van der Waals surface area contributed by atoms with Crippen molar-refractivity contribution in [2.45, 2.75) is 20.0 Å². The number of hydrogen-bond acceptors (Lipinski definition) is 4. The van der Waals surface area contributed by atoms with Crippen LogP contribution in [0.2, 0.25) is 0 Å². The molecule has 28 heavy (non-hydrogen) atoms. The predicted molar refractivity (Wildman–Crippen MR) is 103 cm³/mol. The second-order valence-corrected chi connectivity index (χ2v) is 5.90. The maximum absolute atomic E-state index is 12.6. The number of benzene rings is 2. The van der Waals surface area contributed by atoms with Crippen LogP contribution >= 0.6 is 0 Å². The van der Waals surface area contributed by atoms with Gasteiger partial charge < -0.3 is 19.5 Å². The summed E-state index contributed by atoms with van der Waals surface area (Å²) in [5, 5.41) is 2.71. The van der Waals surface area contributed by atoms with Gasteiger partial charge in [-0.25, -0.2) is 0 Å². The average molecular weight is 391 g/mol. The molecule has 5 nitrogen and oxygen atoms in total. The SMILES string of the molecule is COc1cccc(C=CC(=O)NCCCOc2cccc(C)c2)c1OC(F)F. The van der Waals surface area contributed by atoms with Gasteiger partial charge in [-0.05, 0) is 43.2 Å². The summed E-state index contributed by atoms with van der Waals surface area (Å²) in [6, 6.07) is 12.4. The maximum atomic E-state index is 12.6. The third-order valence-corrected chi connectivity index (χ3v) is 3.73. The fourth-order valence-electron chi connectivity index (χ4n) is 2.44. The molecular formula is C21H23F2NO4. The Morgan fingerprint density at radius 3 is 2.71 bits per heavy atom. The minimum Gasteiger partial charge on any atom is -0.494 e. The van der Waals surface area contributed by atoms with E-state index in [0.717, 1.165) is 11.3 Å². The number of amides is 1. The number of ether oxygens (including phenoxy) is 3. The third-order valence-electron chi connectivity index (χ3n) is 3.73. The van der Waals surface area contributed by atoms with Gasteiger partial charge in [0.2, 0.25) is 5.91 Å². The second-order valence-electron chi connectivity index (χ2n) is 5.90. The lowest BCUT2D eigenvalue weighted by Crippen LogP contribution is -2.23. The Balaban J connectivity index is 1.82. The molecule has 0 heterocycles. The van der Waals surface area contributed by atoms with Crippen molar-refractivity contribution in [1.29, 1.82) is 0 Å². The number of halogens is 2. The lowest BCUT2D eigenvalue weighted by molar-refractivity contribution is -0.116. The molecule has 0 radical (unpaired) electrons. The second kappa shape index (κ2) is 10.9. The van der Waals surface area contributed by atoms with Crippen molar-refractivity contribution in [2.75, 3.05) is 20.3 Å². The summed E-state index contributed by atoms with van der Waals surface area (Å²) < 4.78 is 40.3. The molecule has 0 bridgehead atoms. The first-order chi connectivity index (χ1) is 13.5. The molecule has 2 aromatic rings. The van der Waals surface area contributed by atoms with Crippen LogP contribution in [0.15, 0.2) is 48.5 Å². The summed E-state index contributed by atoms with van der Waals surface area (Å²) in [4.78, 5) is 11.9. The van der Waals surface area contributed by atoms with E-state index < -0.39 is 6.61 Å². The number of alkyl halides is 2. The molecule has 0 aliphatic heterocycles. The van der Waals surface area contributed by atoms with Crippen LogP contribution in [-0.2, 0) is 4.79 Å².